The molecule has 1 aromatic carbocycles. The van der Waals surface area contributed by atoms with Crippen LogP contribution < -0.4 is 0 Å². The van der Waals surface area contributed by atoms with Crippen molar-refractivity contribution in [1.82, 2.24) is 0 Å². The molecule has 0 radical (unpaired) electrons. The van der Waals surface area contributed by atoms with Crippen LogP contribution in [0.4, 0.5) is 0 Å². The summed E-state index contributed by atoms with van der Waals surface area (Å²) in [4.78, 5) is 26.1. The third-order valence-electron chi connectivity index (χ3n) is 14.5. The van der Waals surface area contributed by atoms with Gasteiger partial charge in [-0.25, -0.2) is 0 Å². The van der Waals surface area contributed by atoms with Gasteiger partial charge in [0.1, 0.15) is 5.75 Å². The highest BCUT2D eigenvalue weighted by molar-refractivity contribution is 5.96. The Balaban J connectivity index is 1.31. The van der Waals surface area contributed by atoms with Crippen molar-refractivity contribution in [2.24, 2.45) is 50.2 Å². The van der Waals surface area contributed by atoms with Gasteiger partial charge in [-0.15, -0.1) is 0 Å². The van der Waals surface area contributed by atoms with Crippen molar-refractivity contribution < 1.29 is 19.8 Å². The molecule has 1 aromatic rings. The van der Waals surface area contributed by atoms with Gasteiger partial charge >= 0.3 is 5.97 Å². The number of phenolic OH excluding ortho intramolecular Hbond substituents is 1. The Hall–Kier alpha value is -2.62. The summed E-state index contributed by atoms with van der Waals surface area (Å²) in [5.74, 6) is 0.542. The Labute approximate surface area is 258 Å². The smallest absolute Gasteiger partial charge is 0.309 e. The summed E-state index contributed by atoms with van der Waals surface area (Å²) in [5, 5.41) is 19.8. The third kappa shape index (κ3) is 4.28. The molecule has 8 atom stereocenters. The van der Waals surface area contributed by atoms with Gasteiger partial charge in [-0.05, 0) is 139 Å². The summed E-state index contributed by atoms with van der Waals surface area (Å²) in [6, 6.07) is 6.98. The fraction of sp³-hybridized carbons (Fsp3) is 0.641. The average Bonchev–Trinajstić information content (AvgIpc) is 2.94. The SMILES string of the molecule is CC1(C)[C@@H](C(=O)C=Cc2ccc(O)cc2)CC[C@]2(C)C3=CC[C@]4(C)C5C[C@](C)(C(=O)O)CC[C@]5(C)CC[C@]4(C)C3=CC[C@H]12. The zero-order valence-corrected chi connectivity index (χ0v) is 27.4. The van der Waals surface area contributed by atoms with Crippen LogP contribution in [-0.2, 0) is 9.59 Å². The molecule has 5 aliphatic rings. The molecule has 2 N–H and O–H groups in total. The van der Waals surface area contributed by atoms with Gasteiger partial charge in [-0.2, -0.15) is 0 Å². The lowest BCUT2D eigenvalue weighted by molar-refractivity contribution is -0.170. The van der Waals surface area contributed by atoms with Crippen LogP contribution in [0, 0.1) is 50.2 Å². The molecular formula is C39H52O4. The van der Waals surface area contributed by atoms with Crippen LogP contribution in [0.2, 0.25) is 0 Å². The number of carbonyl (C=O) groups is 2. The zero-order valence-electron chi connectivity index (χ0n) is 27.4. The summed E-state index contributed by atoms with van der Waals surface area (Å²) in [7, 11) is 0. The van der Waals surface area contributed by atoms with Gasteiger partial charge < -0.3 is 10.2 Å². The van der Waals surface area contributed by atoms with Crippen LogP contribution in [0.3, 0.4) is 0 Å². The molecule has 0 bridgehead atoms. The number of carbonyl (C=O) groups excluding carboxylic acids is 1. The first-order valence-electron chi connectivity index (χ1n) is 16.7. The van der Waals surface area contributed by atoms with Gasteiger partial charge in [-0.3, -0.25) is 9.59 Å². The minimum atomic E-state index is -0.640. The van der Waals surface area contributed by atoms with Gasteiger partial charge in [0, 0.05) is 5.92 Å². The summed E-state index contributed by atoms with van der Waals surface area (Å²) < 4.78 is 0. The van der Waals surface area contributed by atoms with Gasteiger partial charge in [0.25, 0.3) is 0 Å². The molecule has 6 rings (SSSR count). The van der Waals surface area contributed by atoms with Gasteiger partial charge in [0.05, 0.1) is 5.41 Å². The zero-order chi connectivity index (χ0) is 31.2. The van der Waals surface area contributed by atoms with E-state index in [1.54, 1.807) is 18.2 Å². The van der Waals surface area contributed by atoms with Crippen molar-refractivity contribution in [1.29, 1.82) is 0 Å². The predicted octanol–water partition coefficient (Wildman–Crippen LogP) is 9.40. The van der Waals surface area contributed by atoms with E-state index in [0.717, 1.165) is 56.9 Å². The van der Waals surface area contributed by atoms with Crippen molar-refractivity contribution in [3.63, 3.8) is 0 Å². The molecule has 0 amide bonds. The van der Waals surface area contributed by atoms with E-state index in [4.69, 9.17) is 0 Å². The molecule has 4 heteroatoms. The van der Waals surface area contributed by atoms with Crippen molar-refractivity contribution in [2.45, 2.75) is 106 Å². The van der Waals surface area contributed by atoms with Crippen LogP contribution in [0.5, 0.6) is 5.75 Å². The number of hydrogen-bond donors (Lipinski definition) is 2. The molecule has 3 fully saturated rings. The average molecular weight is 585 g/mol. The van der Waals surface area contributed by atoms with E-state index in [9.17, 15) is 19.8 Å². The second-order valence-electron chi connectivity index (χ2n) is 16.9. The quantitative estimate of drug-likeness (QED) is 0.346. The number of aromatic hydroxyl groups is 1. The number of carboxylic acids is 1. The number of hydrogen-bond acceptors (Lipinski definition) is 3. The number of carboxylic acid groups (broad SMARTS) is 1. The van der Waals surface area contributed by atoms with Crippen LogP contribution in [0.1, 0.15) is 112 Å². The predicted molar refractivity (Wildman–Crippen MR) is 172 cm³/mol. The second-order valence-corrected chi connectivity index (χ2v) is 16.9. The van der Waals surface area contributed by atoms with Crippen molar-refractivity contribution in [3.8, 4) is 5.75 Å². The maximum absolute atomic E-state index is 13.7. The standard InChI is InChI=1S/C39H52O4/c1-34(2)29(30(41)14-10-25-8-11-26(40)12-9-25)16-18-37(5)27-17-19-39(7)32-24-36(4,33(42)43)21-20-35(32,3)22-23-38(39,6)28(27)13-15-31(34)37/h8-14,17,29,31-32,40H,15-16,18-24H2,1-7H3,(H,42,43)/t29-,31-,32?,35-,36-,37-,38-,39-/m1/s1. The lowest BCUT2D eigenvalue weighted by Gasteiger charge is -2.68. The molecule has 0 aromatic heterocycles. The lowest BCUT2D eigenvalue weighted by atomic mass is 9.35. The number of rotatable bonds is 4. The van der Waals surface area contributed by atoms with Gasteiger partial charge in [0.15, 0.2) is 5.78 Å². The number of allylic oxidation sites excluding steroid dienone is 5. The minimum absolute atomic E-state index is 0.0229. The minimum Gasteiger partial charge on any atom is -0.508 e. The molecule has 0 aliphatic heterocycles. The summed E-state index contributed by atoms with van der Waals surface area (Å²) in [6.07, 6.45) is 17.5. The monoisotopic (exact) mass is 584 g/mol. The normalized spacial score (nSPS) is 43.4. The third-order valence-corrected chi connectivity index (χ3v) is 14.5. The molecule has 232 valence electrons. The molecule has 3 saturated carbocycles. The fourth-order valence-electron chi connectivity index (χ4n) is 11.2. The van der Waals surface area contributed by atoms with Crippen LogP contribution in [-0.4, -0.2) is 22.0 Å². The Morgan fingerprint density at radius 3 is 2.19 bits per heavy atom. The van der Waals surface area contributed by atoms with E-state index >= 15 is 0 Å². The fourth-order valence-corrected chi connectivity index (χ4v) is 11.2. The molecule has 5 aliphatic carbocycles. The van der Waals surface area contributed by atoms with E-state index in [1.165, 1.54) is 17.6 Å². The van der Waals surface area contributed by atoms with E-state index in [-0.39, 0.29) is 44.5 Å². The maximum Gasteiger partial charge on any atom is 0.309 e. The first kappa shape index (κ1) is 30.4. The summed E-state index contributed by atoms with van der Waals surface area (Å²) in [5.41, 5.74) is 3.48. The van der Waals surface area contributed by atoms with Crippen LogP contribution in [0.25, 0.3) is 6.08 Å². The highest BCUT2D eigenvalue weighted by atomic mass is 16.4. The molecule has 0 spiro atoms. The van der Waals surface area contributed by atoms with Crippen LogP contribution >= 0.6 is 0 Å². The number of fused-ring (bicyclic) bond motifs is 7. The first-order valence-corrected chi connectivity index (χ1v) is 16.7. The molecule has 4 nitrogen and oxygen atoms in total. The van der Waals surface area contributed by atoms with Crippen LogP contribution in [0.15, 0.2) is 53.6 Å². The number of benzene rings is 1. The van der Waals surface area contributed by atoms with E-state index < -0.39 is 11.4 Å². The molecule has 0 saturated heterocycles. The largest absolute Gasteiger partial charge is 0.508 e. The molecule has 0 heterocycles. The first-order chi connectivity index (χ1) is 20.0. The van der Waals surface area contributed by atoms with E-state index in [1.807, 2.05) is 25.1 Å². The molecule has 43 heavy (non-hydrogen) atoms. The van der Waals surface area contributed by atoms with Crippen molar-refractivity contribution in [3.05, 3.63) is 59.2 Å². The van der Waals surface area contributed by atoms with E-state index in [2.05, 4.69) is 53.7 Å². The Kier molecular flexibility index (Phi) is 6.85. The van der Waals surface area contributed by atoms with E-state index in [0.29, 0.717) is 11.8 Å². The summed E-state index contributed by atoms with van der Waals surface area (Å²) in [6.45, 7) is 16.6. The Morgan fingerprint density at radius 2 is 1.51 bits per heavy atom. The molecular weight excluding hydrogens is 532 g/mol. The highest BCUT2D eigenvalue weighted by Gasteiger charge is 2.66. The van der Waals surface area contributed by atoms with Gasteiger partial charge in [0.2, 0.25) is 0 Å². The number of phenols is 1. The van der Waals surface area contributed by atoms with Crippen molar-refractivity contribution >= 4 is 17.8 Å². The molecule has 1 unspecified atom stereocenters. The number of ketones is 1. The van der Waals surface area contributed by atoms with Gasteiger partial charge in [-0.1, -0.05) is 71.9 Å². The second kappa shape index (κ2) is 9.69. The number of aliphatic carboxylic acids is 1. The Morgan fingerprint density at radius 1 is 0.837 bits per heavy atom. The maximum atomic E-state index is 13.7. The lowest BCUT2D eigenvalue weighted by Crippen LogP contribution is -2.61. The highest BCUT2D eigenvalue weighted by Crippen LogP contribution is 2.74. The summed E-state index contributed by atoms with van der Waals surface area (Å²) >= 11 is 0. The topological polar surface area (TPSA) is 74.6 Å². The Bertz CT molecular complexity index is 1430. The van der Waals surface area contributed by atoms with Crippen molar-refractivity contribution in [2.75, 3.05) is 0 Å².